The Balaban J connectivity index is 1.69. The van der Waals surface area contributed by atoms with E-state index in [-0.39, 0.29) is 12.5 Å². The standard InChI is InChI=1S/C22H28N4O3/c1-3-25-10-12-26(13-11-25)17-8-9-19(16(2)14-17)24-22(28)18-6-4-5-7-20(18)29-15-21(23)27/h4-9,14H,3,10-13,15H2,1-2H3,(H2,23,27)(H,24,28). The average Bonchev–Trinajstić information content (AvgIpc) is 2.74. The second-order valence-corrected chi connectivity index (χ2v) is 7.13. The summed E-state index contributed by atoms with van der Waals surface area (Å²) >= 11 is 0. The van der Waals surface area contributed by atoms with E-state index in [9.17, 15) is 9.59 Å². The summed E-state index contributed by atoms with van der Waals surface area (Å²) in [4.78, 5) is 28.6. The number of aryl methyl sites for hydroxylation is 1. The second-order valence-electron chi connectivity index (χ2n) is 7.13. The third kappa shape index (κ3) is 5.26. The van der Waals surface area contributed by atoms with Crippen LogP contribution in [-0.2, 0) is 4.79 Å². The molecule has 0 aromatic heterocycles. The Kier molecular flexibility index (Phi) is 6.72. The number of ether oxygens (including phenoxy) is 1. The van der Waals surface area contributed by atoms with E-state index in [1.165, 1.54) is 5.69 Å². The van der Waals surface area contributed by atoms with Gasteiger partial charge in [0.2, 0.25) is 0 Å². The van der Waals surface area contributed by atoms with Gasteiger partial charge < -0.3 is 25.6 Å². The lowest BCUT2D eigenvalue weighted by Gasteiger charge is -2.35. The molecule has 0 spiro atoms. The van der Waals surface area contributed by atoms with Crippen LogP contribution in [0.1, 0.15) is 22.8 Å². The molecule has 1 aliphatic rings. The average molecular weight is 396 g/mol. The van der Waals surface area contributed by atoms with Gasteiger partial charge in [0, 0.05) is 37.6 Å². The van der Waals surface area contributed by atoms with Crippen molar-refractivity contribution in [2.24, 2.45) is 5.73 Å². The fourth-order valence-corrected chi connectivity index (χ4v) is 3.43. The van der Waals surface area contributed by atoms with Crippen molar-refractivity contribution >= 4 is 23.2 Å². The van der Waals surface area contributed by atoms with Gasteiger partial charge in [0.25, 0.3) is 11.8 Å². The van der Waals surface area contributed by atoms with Gasteiger partial charge in [-0.2, -0.15) is 0 Å². The molecule has 2 aromatic rings. The number of amides is 2. The maximum atomic E-state index is 12.8. The summed E-state index contributed by atoms with van der Waals surface area (Å²) in [6.07, 6.45) is 0. The number of hydrogen-bond donors (Lipinski definition) is 2. The summed E-state index contributed by atoms with van der Waals surface area (Å²) in [5.74, 6) is -0.559. The molecular formula is C22H28N4O3. The minimum absolute atomic E-state index is 0.274. The van der Waals surface area contributed by atoms with Crippen molar-refractivity contribution in [3.8, 4) is 5.75 Å². The lowest BCUT2D eigenvalue weighted by atomic mass is 10.1. The highest BCUT2D eigenvalue weighted by molar-refractivity contribution is 6.06. The molecule has 29 heavy (non-hydrogen) atoms. The van der Waals surface area contributed by atoms with Crippen molar-refractivity contribution in [2.75, 3.05) is 49.5 Å². The molecule has 2 amide bonds. The lowest BCUT2D eigenvalue weighted by Crippen LogP contribution is -2.46. The molecule has 0 radical (unpaired) electrons. The van der Waals surface area contributed by atoms with Crippen molar-refractivity contribution in [1.82, 2.24) is 4.90 Å². The molecule has 0 saturated carbocycles. The molecule has 0 unspecified atom stereocenters. The number of piperazine rings is 1. The van der Waals surface area contributed by atoms with Crippen molar-refractivity contribution < 1.29 is 14.3 Å². The molecule has 1 aliphatic heterocycles. The van der Waals surface area contributed by atoms with Gasteiger partial charge in [0.15, 0.2) is 6.61 Å². The van der Waals surface area contributed by atoms with Crippen LogP contribution in [0.4, 0.5) is 11.4 Å². The van der Waals surface area contributed by atoms with Crippen molar-refractivity contribution in [3.63, 3.8) is 0 Å². The summed E-state index contributed by atoms with van der Waals surface area (Å²) < 4.78 is 5.36. The number of nitrogens with one attached hydrogen (secondary N) is 1. The van der Waals surface area contributed by atoms with Crippen LogP contribution in [-0.4, -0.2) is 56.0 Å². The van der Waals surface area contributed by atoms with E-state index < -0.39 is 5.91 Å². The summed E-state index contributed by atoms with van der Waals surface area (Å²) in [5.41, 5.74) is 8.39. The van der Waals surface area contributed by atoms with Gasteiger partial charge in [-0.15, -0.1) is 0 Å². The molecule has 1 saturated heterocycles. The molecule has 0 bridgehead atoms. The molecule has 0 aliphatic carbocycles. The van der Waals surface area contributed by atoms with Crippen LogP contribution in [0.3, 0.4) is 0 Å². The van der Waals surface area contributed by atoms with Gasteiger partial charge in [0.05, 0.1) is 5.56 Å². The van der Waals surface area contributed by atoms with Crippen molar-refractivity contribution in [1.29, 1.82) is 0 Å². The first kappa shape index (κ1) is 20.7. The van der Waals surface area contributed by atoms with Crippen LogP contribution >= 0.6 is 0 Å². The molecule has 154 valence electrons. The Morgan fingerprint density at radius 3 is 2.48 bits per heavy atom. The Morgan fingerprint density at radius 2 is 1.83 bits per heavy atom. The number of carbonyl (C=O) groups excluding carboxylic acids is 2. The molecule has 1 heterocycles. The third-order valence-corrected chi connectivity index (χ3v) is 5.14. The number of nitrogens with zero attached hydrogens (tertiary/aromatic N) is 2. The molecule has 7 nitrogen and oxygen atoms in total. The third-order valence-electron chi connectivity index (χ3n) is 5.14. The molecule has 2 aromatic carbocycles. The van der Waals surface area contributed by atoms with Crippen molar-refractivity contribution in [2.45, 2.75) is 13.8 Å². The van der Waals surface area contributed by atoms with Gasteiger partial charge in [0.1, 0.15) is 5.75 Å². The zero-order valence-electron chi connectivity index (χ0n) is 17.0. The van der Waals surface area contributed by atoms with Gasteiger partial charge in [-0.25, -0.2) is 0 Å². The number of anilines is 2. The van der Waals surface area contributed by atoms with E-state index in [0.29, 0.717) is 11.3 Å². The number of rotatable bonds is 7. The van der Waals surface area contributed by atoms with Gasteiger partial charge in [-0.05, 0) is 49.4 Å². The van der Waals surface area contributed by atoms with Gasteiger partial charge in [-0.3, -0.25) is 9.59 Å². The number of primary amides is 1. The number of hydrogen-bond acceptors (Lipinski definition) is 5. The minimum atomic E-state index is -0.591. The zero-order valence-corrected chi connectivity index (χ0v) is 17.0. The largest absolute Gasteiger partial charge is 0.483 e. The first-order valence-corrected chi connectivity index (χ1v) is 9.87. The lowest BCUT2D eigenvalue weighted by molar-refractivity contribution is -0.119. The van der Waals surface area contributed by atoms with E-state index in [4.69, 9.17) is 10.5 Å². The zero-order chi connectivity index (χ0) is 20.8. The van der Waals surface area contributed by atoms with E-state index in [1.807, 2.05) is 19.1 Å². The van der Waals surface area contributed by atoms with Crippen LogP contribution in [0.25, 0.3) is 0 Å². The van der Waals surface area contributed by atoms with E-state index in [0.717, 1.165) is 44.0 Å². The topological polar surface area (TPSA) is 87.9 Å². The molecule has 1 fully saturated rings. The second kappa shape index (κ2) is 9.43. The maximum absolute atomic E-state index is 12.8. The highest BCUT2D eigenvalue weighted by Gasteiger charge is 2.18. The molecule has 0 atom stereocenters. The first-order chi connectivity index (χ1) is 14.0. The van der Waals surface area contributed by atoms with E-state index in [1.54, 1.807) is 24.3 Å². The van der Waals surface area contributed by atoms with E-state index in [2.05, 4.69) is 28.1 Å². The Hall–Kier alpha value is -3.06. The molecule has 7 heteroatoms. The van der Waals surface area contributed by atoms with Crippen LogP contribution < -0.4 is 20.7 Å². The molecular weight excluding hydrogens is 368 g/mol. The van der Waals surface area contributed by atoms with E-state index >= 15 is 0 Å². The number of benzene rings is 2. The highest BCUT2D eigenvalue weighted by atomic mass is 16.5. The quantitative estimate of drug-likeness (QED) is 0.750. The first-order valence-electron chi connectivity index (χ1n) is 9.87. The predicted molar refractivity (Wildman–Crippen MR) is 115 cm³/mol. The van der Waals surface area contributed by atoms with Crippen LogP contribution in [0.2, 0.25) is 0 Å². The monoisotopic (exact) mass is 396 g/mol. The summed E-state index contributed by atoms with van der Waals surface area (Å²) in [7, 11) is 0. The summed E-state index contributed by atoms with van der Waals surface area (Å²) in [6.45, 7) is 9.12. The number of carbonyl (C=O) groups is 2. The van der Waals surface area contributed by atoms with Gasteiger partial charge >= 0.3 is 0 Å². The number of nitrogens with two attached hydrogens (primary N) is 1. The maximum Gasteiger partial charge on any atom is 0.259 e. The molecule has 3 rings (SSSR count). The summed E-state index contributed by atoms with van der Waals surface area (Å²) in [6, 6.07) is 12.9. The smallest absolute Gasteiger partial charge is 0.259 e. The normalized spacial score (nSPS) is 14.5. The predicted octanol–water partition coefficient (Wildman–Crippen LogP) is 2.25. The van der Waals surface area contributed by atoms with Crippen LogP contribution in [0, 0.1) is 6.92 Å². The van der Waals surface area contributed by atoms with Gasteiger partial charge in [-0.1, -0.05) is 19.1 Å². The SMILES string of the molecule is CCN1CCN(c2ccc(NC(=O)c3ccccc3OCC(N)=O)c(C)c2)CC1. The van der Waals surface area contributed by atoms with Crippen molar-refractivity contribution in [3.05, 3.63) is 53.6 Å². The highest BCUT2D eigenvalue weighted by Crippen LogP contribution is 2.25. The summed E-state index contributed by atoms with van der Waals surface area (Å²) in [5, 5.41) is 2.94. The Morgan fingerprint density at radius 1 is 1.10 bits per heavy atom. The number of likely N-dealkylation sites (N-methyl/N-ethyl adjacent to an activating group) is 1. The Labute approximate surface area is 171 Å². The van der Waals surface area contributed by atoms with Crippen LogP contribution in [0.15, 0.2) is 42.5 Å². The minimum Gasteiger partial charge on any atom is -0.483 e. The Bertz CT molecular complexity index is 876. The number of para-hydroxylation sites is 1. The van der Waals surface area contributed by atoms with Crippen LogP contribution in [0.5, 0.6) is 5.75 Å². The molecule has 3 N–H and O–H groups in total. The fraction of sp³-hybridized carbons (Fsp3) is 0.364. The fourth-order valence-electron chi connectivity index (χ4n) is 3.43.